The van der Waals surface area contributed by atoms with Crippen molar-refractivity contribution in [2.75, 3.05) is 6.54 Å². The zero-order valence-electron chi connectivity index (χ0n) is 14.4. The molecule has 8 heteroatoms. The van der Waals surface area contributed by atoms with Crippen LogP contribution >= 0.6 is 0 Å². The van der Waals surface area contributed by atoms with Crippen LogP contribution in [-0.2, 0) is 24.3 Å². The zero-order valence-corrected chi connectivity index (χ0v) is 14.4. The highest BCUT2D eigenvalue weighted by Gasteiger charge is 2.10. The number of hydrogen-bond donors (Lipinski definition) is 1. The van der Waals surface area contributed by atoms with E-state index in [-0.39, 0.29) is 18.7 Å². The fourth-order valence-corrected chi connectivity index (χ4v) is 2.47. The number of halogens is 2. The number of aromatic nitrogens is 3. The van der Waals surface area contributed by atoms with Crippen LogP contribution in [-0.4, -0.2) is 27.6 Å². The first kappa shape index (κ1) is 18.5. The van der Waals surface area contributed by atoms with E-state index in [1.807, 2.05) is 30.3 Å². The molecule has 1 heterocycles. The summed E-state index contributed by atoms with van der Waals surface area (Å²) in [5.41, 5.74) is 1.68. The van der Waals surface area contributed by atoms with E-state index in [1.165, 1.54) is 23.0 Å². The maximum Gasteiger partial charge on any atom is 0.407 e. The van der Waals surface area contributed by atoms with Gasteiger partial charge in [-0.3, -0.25) is 0 Å². The first-order chi connectivity index (χ1) is 13.1. The monoisotopic (exact) mass is 372 g/mol. The van der Waals surface area contributed by atoms with E-state index in [0.717, 1.165) is 11.6 Å². The summed E-state index contributed by atoms with van der Waals surface area (Å²) in [6.07, 6.45) is 1.66. The summed E-state index contributed by atoms with van der Waals surface area (Å²) in [5, 5.41) is 10.3. The van der Waals surface area contributed by atoms with Crippen molar-refractivity contribution in [3.05, 3.63) is 83.2 Å². The predicted molar refractivity (Wildman–Crippen MR) is 93.8 cm³/mol. The van der Waals surface area contributed by atoms with Crippen LogP contribution in [0.5, 0.6) is 0 Å². The Balaban J connectivity index is 1.43. The van der Waals surface area contributed by atoms with Gasteiger partial charge in [0.1, 0.15) is 12.3 Å². The molecule has 0 saturated heterocycles. The highest BCUT2D eigenvalue weighted by molar-refractivity contribution is 5.67. The molecule has 0 spiro atoms. The summed E-state index contributed by atoms with van der Waals surface area (Å²) in [6, 6.07) is 13.7. The van der Waals surface area contributed by atoms with Crippen LogP contribution in [0.1, 0.15) is 16.8 Å². The van der Waals surface area contributed by atoms with Crippen LogP contribution in [0.4, 0.5) is 13.6 Å². The number of carbonyl (C=O) groups excluding carboxylic acids is 1. The summed E-state index contributed by atoms with van der Waals surface area (Å²) in [6.45, 7) is 0.414. The minimum Gasteiger partial charge on any atom is -0.443 e. The Kier molecular flexibility index (Phi) is 6.09. The maximum atomic E-state index is 13.7. The number of benzene rings is 2. The minimum absolute atomic E-state index is 0.0276. The molecule has 0 bridgehead atoms. The van der Waals surface area contributed by atoms with E-state index in [4.69, 9.17) is 4.74 Å². The van der Waals surface area contributed by atoms with Gasteiger partial charge in [0.25, 0.3) is 0 Å². The Morgan fingerprint density at radius 1 is 1.11 bits per heavy atom. The summed E-state index contributed by atoms with van der Waals surface area (Å²) in [4.78, 5) is 11.7. The third-order valence-electron chi connectivity index (χ3n) is 3.83. The minimum atomic E-state index is -0.914. The second-order valence-electron chi connectivity index (χ2n) is 5.86. The lowest BCUT2D eigenvalue weighted by Crippen LogP contribution is -2.26. The maximum absolute atomic E-state index is 13.7. The van der Waals surface area contributed by atoms with Crippen molar-refractivity contribution in [3.8, 4) is 0 Å². The Bertz CT molecular complexity index is 900. The van der Waals surface area contributed by atoms with E-state index < -0.39 is 17.7 Å². The van der Waals surface area contributed by atoms with Gasteiger partial charge in [-0.05, 0) is 18.1 Å². The molecule has 0 aliphatic carbocycles. The molecule has 140 valence electrons. The normalized spacial score (nSPS) is 10.6. The molecule has 0 radical (unpaired) electrons. The van der Waals surface area contributed by atoms with Crippen molar-refractivity contribution in [1.82, 2.24) is 20.3 Å². The van der Waals surface area contributed by atoms with Crippen molar-refractivity contribution < 1.29 is 18.3 Å². The highest BCUT2D eigenvalue weighted by Crippen LogP contribution is 2.12. The average molecular weight is 372 g/mol. The van der Waals surface area contributed by atoms with Crippen LogP contribution < -0.4 is 5.32 Å². The summed E-state index contributed by atoms with van der Waals surface area (Å²) in [5.74, 6) is -1.83. The quantitative estimate of drug-likeness (QED) is 0.692. The van der Waals surface area contributed by atoms with E-state index in [9.17, 15) is 13.6 Å². The van der Waals surface area contributed by atoms with Crippen molar-refractivity contribution in [1.29, 1.82) is 0 Å². The molecule has 1 amide bonds. The smallest absolute Gasteiger partial charge is 0.407 e. The molecule has 0 aliphatic heterocycles. The molecule has 1 aromatic heterocycles. The fourth-order valence-electron chi connectivity index (χ4n) is 2.47. The summed E-state index contributed by atoms with van der Waals surface area (Å²) >= 11 is 0. The van der Waals surface area contributed by atoms with Gasteiger partial charge in [-0.15, -0.1) is 5.10 Å². The molecule has 3 aromatic rings. The molecule has 0 saturated carbocycles. The molecular formula is C19H18F2N4O2. The first-order valence-corrected chi connectivity index (χ1v) is 8.38. The number of rotatable bonds is 7. The Labute approximate surface area is 154 Å². The number of carbonyl (C=O) groups is 1. The fraction of sp³-hybridized carbons (Fsp3) is 0.211. The van der Waals surface area contributed by atoms with Crippen LogP contribution in [0.15, 0.2) is 54.7 Å². The second-order valence-corrected chi connectivity index (χ2v) is 5.86. The molecule has 0 atom stereocenters. The van der Waals surface area contributed by atoms with E-state index in [2.05, 4.69) is 15.6 Å². The van der Waals surface area contributed by atoms with E-state index >= 15 is 0 Å². The van der Waals surface area contributed by atoms with Crippen LogP contribution in [0.2, 0.25) is 0 Å². The summed E-state index contributed by atoms with van der Waals surface area (Å²) in [7, 11) is 0. The number of hydrogen-bond acceptors (Lipinski definition) is 4. The average Bonchev–Trinajstić information content (AvgIpc) is 3.12. The summed E-state index contributed by atoms with van der Waals surface area (Å²) < 4.78 is 33.3. The number of nitrogens with zero attached hydrogens (tertiary/aromatic N) is 3. The van der Waals surface area contributed by atoms with Gasteiger partial charge < -0.3 is 10.1 Å². The third kappa shape index (κ3) is 5.34. The largest absolute Gasteiger partial charge is 0.443 e. The molecule has 0 fully saturated rings. The third-order valence-corrected chi connectivity index (χ3v) is 3.83. The molecule has 6 nitrogen and oxygen atoms in total. The lowest BCUT2D eigenvalue weighted by molar-refractivity contribution is 0.138. The van der Waals surface area contributed by atoms with Crippen LogP contribution in [0.25, 0.3) is 0 Å². The predicted octanol–water partition coefficient (Wildman–Crippen LogP) is 3.07. The van der Waals surface area contributed by atoms with Crippen molar-refractivity contribution in [2.45, 2.75) is 19.6 Å². The van der Waals surface area contributed by atoms with E-state index in [1.54, 1.807) is 0 Å². The van der Waals surface area contributed by atoms with Gasteiger partial charge in [0.05, 0.1) is 12.7 Å². The Morgan fingerprint density at radius 2 is 1.93 bits per heavy atom. The van der Waals surface area contributed by atoms with E-state index in [0.29, 0.717) is 18.7 Å². The molecule has 0 unspecified atom stereocenters. The van der Waals surface area contributed by atoms with Crippen molar-refractivity contribution in [3.63, 3.8) is 0 Å². The lowest BCUT2D eigenvalue weighted by atomic mass is 10.1. The van der Waals surface area contributed by atoms with Crippen LogP contribution in [0.3, 0.4) is 0 Å². The Morgan fingerprint density at radius 3 is 2.74 bits per heavy atom. The topological polar surface area (TPSA) is 69.0 Å². The lowest BCUT2D eigenvalue weighted by Gasteiger charge is -2.05. The Hall–Kier alpha value is -3.29. The van der Waals surface area contributed by atoms with Crippen molar-refractivity contribution >= 4 is 6.09 Å². The standard InChI is InChI=1S/C19H18F2N4O2/c20-17-8-4-7-15(18(17)21)11-25-12-16(23-24-25)13-27-19(26)22-10-9-14-5-2-1-3-6-14/h1-8,12H,9-11,13H2,(H,22,26). The molecule has 1 N–H and O–H groups in total. The second kappa shape index (κ2) is 8.88. The number of alkyl carbamates (subject to hydrolysis) is 1. The highest BCUT2D eigenvalue weighted by atomic mass is 19.2. The zero-order chi connectivity index (χ0) is 19.1. The molecule has 2 aromatic carbocycles. The van der Waals surface area contributed by atoms with Gasteiger partial charge in [-0.1, -0.05) is 47.7 Å². The number of amides is 1. The number of ether oxygens (including phenoxy) is 1. The van der Waals surface area contributed by atoms with Gasteiger partial charge >= 0.3 is 6.09 Å². The van der Waals surface area contributed by atoms with Gasteiger partial charge in [-0.2, -0.15) is 0 Å². The van der Waals surface area contributed by atoms with Gasteiger partial charge in [0.15, 0.2) is 11.6 Å². The molecule has 3 rings (SSSR count). The SMILES string of the molecule is O=C(NCCc1ccccc1)OCc1cn(Cc2cccc(F)c2F)nn1. The number of nitrogens with one attached hydrogen (secondary N) is 1. The molecule has 27 heavy (non-hydrogen) atoms. The molecular weight excluding hydrogens is 354 g/mol. The van der Waals surface area contributed by atoms with Gasteiger partial charge in [0, 0.05) is 12.1 Å². The molecule has 0 aliphatic rings. The van der Waals surface area contributed by atoms with Gasteiger partial charge in [-0.25, -0.2) is 18.3 Å². The van der Waals surface area contributed by atoms with Crippen molar-refractivity contribution in [2.24, 2.45) is 0 Å². The first-order valence-electron chi connectivity index (χ1n) is 8.38. The van der Waals surface area contributed by atoms with Gasteiger partial charge in [0.2, 0.25) is 0 Å². The van der Waals surface area contributed by atoms with Crippen LogP contribution in [0, 0.1) is 11.6 Å².